The Morgan fingerprint density at radius 2 is 0.980 bits per heavy atom. The molecule has 0 aliphatic heterocycles. The van der Waals surface area contributed by atoms with Crippen molar-refractivity contribution in [3.05, 3.63) is 189 Å². The molecule has 0 aliphatic rings. The van der Waals surface area contributed by atoms with Gasteiger partial charge in [-0.2, -0.15) is 0 Å². The number of fused-ring (bicyclic) bond motifs is 3. The number of allylic oxidation sites excluding steroid dienone is 4. The number of aromatic nitrogens is 2. The SMILES string of the molecule is C=C/C=C(\C=C)c1ccc(-c2ccc(-c3nc(-c4ccc(-c5ccc(-c6ccccc6)cc5)cc4)c4oc5ccccc5c4n3)cc2)cc1. The molecule has 0 atom stereocenters. The molecule has 0 unspecified atom stereocenters. The molecule has 6 aromatic carbocycles. The highest BCUT2D eigenvalue weighted by molar-refractivity contribution is 6.07. The molecular weight excluding hydrogens is 597 g/mol. The minimum Gasteiger partial charge on any atom is -0.452 e. The molecule has 0 saturated carbocycles. The average molecular weight is 629 g/mol. The lowest BCUT2D eigenvalue weighted by Crippen LogP contribution is -1.94. The second kappa shape index (κ2) is 12.9. The Kier molecular flexibility index (Phi) is 7.85. The summed E-state index contributed by atoms with van der Waals surface area (Å²) in [6, 6.07) is 52.6. The highest BCUT2D eigenvalue weighted by atomic mass is 16.3. The molecular formula is C46H32N2O. The number of rotatable bonds is 8. The molecule has 49 heavy (non-hydrogen) atoms. The van der Waals surface area contributed by atoms with Crippen LogP contribution in [0.5, 0.6) is 0 Å². The minimum atomic E-state index is 0.654. The normalized spacial score (nSPS) is 11.6. The maximum Gasteiger partial charge on any atom is 0.180 e. The number of furan rings is 1. The summed E-state index contributed by atoms with van der Waals surface area (Å²) >= 11 is 0. The van der Waals surface area contributed by atoms with Gasteiger partial charge in [-0.25, -0.2) is 9.97 Å². The van der Waals surface area contributed by atoms with Gasteiger partial charge in [-0.15, -0.1) is 0 Å². The Morgan fingerprint density at radius 1 is 0.490 bits per heavy atom. The molecule has 0 aliphatic carbocycles. The largest absolute Gasteiger partial charge is 0.452 e. The molecule has 0 saturated heterocycles. The molecule has 0 bridgehead atoms. The maximum absolute atomic E-state index is 6.39. The van der Waals surface area contributed by atoms with Crippen LogP contribution < -0.4 is 0 Å². The van der Waals surface area contributed by atoms with Gasteiger partial charge in [0.2, 0.25) is 0 Å². The van der Waals surface area contributed by atoms with Gasteiger partial charge in [0, 0.05) is 16.5 Å². The number of nitrogens with zero attached hydrogens (tertiary/aromatic N) is 2. The Labute approximate surface area is 285 Å². The first-order valence-corrected chi connectivity index (χ1v) is 16.3. The van der Waals surface area contributed by atoms with E-state index in [1.807, 2.05) is 36.4 Å². The van der Waals surface area contributed by atoms with Crippen LogP contribution in [0.3, 0.4) is 0 Å². The van der Waals surface area contributed by atoms with Gasteiger partial charge in [-0.05, 0) is 56.6 Å². The topological polar surface area (TPSA) is 38.9 Å². The van der Waals surface area contributed by atoms with Gasteiger partial charge in [-0.1, -0.05) is 171 Å². The van der Waals surface area contributed by atoms with Crippen LogP contribution in [-0.2, 0) is 0 Å². The van der Waals surface area contributed by atoms with Gasteiger partial charge >= 0.3 is 0 Å². The lowest BCUT2D eigenvalue weighted by atomic mass is 9.98. The first-order chi connectivity index (χ1) is 24.2. The summed E-state index contributed by atoms with van der Waals surface area (Å²) in [5.41, 5.74) is 14.1. The predicted octanol–water partition coefficient (Wildman–Crippen LogP) is 12.5. The van der Waals surface area contributed by atoms with E-state index in [2.05, 4.69) is 141 Å². The Bertz CT molecular complexity index is 2470. The van der Waals surface area contributed by atoms with E-state index >= 15 is 0 Å². The third-order valence-corrected chi connectivity index (χ3v) is 8.92. The highest BCUT2D eigenvalue weighted by Crippen LogP contribution is 2.37. The summed E-state index contributed by atoms with van der Waals surface area (Å²) in [6.45, 7) is 7.74. The van der Waals surface area contributed by atoms with Crippen molar-refractivity contribution < 1.29 is 4.42 Å². The van der Waals surface area contributed by atoms with E-state index in [0.717, 1.165) is 66.7 Å². The fraction of sp³-hybridized carbons (Fsp3) is 0. The molecule has 3 heteroatoms. The summed E-state index contributed by atoms with van der Waals surface area (Å²) in [5.74, 6) is 0.654. The lowest BCUT2D eigenvalue weighted by Gasteiger charge is -2.09. The van der Waals surface area contributed by atoms with Gasteiger partial charge in [0.1, 0.15) is 16.8 Å². The summed E-state index contributed by atoms with van der Waals surface area (Å²) in [7, 11) is 0. The van der Waals surface area contributed by atoms with Crippen LogP contribution in [0, 0.1) is 0 Å². The van der Waals surface area contributed by atoms with Crippen molar-refractivity contribution in [2.75, 3.05) is 0 Å². The van der Waals surface area contributed by atoms with Crippen molar-refractivity contribution in [2.24, 2.45) is 0 Å². The fourth-order valence-corrected chi connectivity index (χ4v) is 6.30. The van der Waals surface area contributed by atoms with E-state index in [1.54, 1.807) is 6.08 Å². The van der Waals surface area contributed by atoms with Crippen molar-refractivity contribution in [3.8, 4) is 56.0 Å². The molecule has 232 valence electrons. The number of hydrogen-bond acceptors (Lipinski definition) is 3. The first kappa shape index (κ1) is 29.8. The quantitative estimate of drug-likeness (QED) is 0.157. The Hall–Kier alpha value is -6.58. The average Bonchev–Trinajstić information content (AvgIpc) is 3.56. The zero-order valence-corrected chi connectivity index (χ0v) is 26.9. The van der Waals surface area contributed by atoms with Crippen LogP contribution in [0.25, 0.3) is 83.7 Å². The second-order valence-corrected chi connectivity index (χ2v) is 11.9. The van der Waals surface area contributed by atoms with Crippen molar-refractivity contribution in [1.29, 1.82) is 0 Å². The second-order valence-electron chi connectivity index (χ2n) is 11.9. The van der Waals surface area contributed by atoms with Crippen LogP contribution in [0.4, 0.5) is 0 Å². The molecule has 2 heterocycles. The van der Waals surface area contributed by atoms with E-state index in [4.69, 9.17) is 14.4 Å². The van der Waals surface area contributed by atoms with Crippen molar-refractivity contribution in [2.45, 2.75) is 0 Å². The standard InChI is InChI=1S/C46H32N2O/c1-3-10-31(4-2)33-15-17-35(18-16-33)38-25-29-40(30-26-38)46-47-43(45-44(48-46)41-13-8-9-14-42(41)49-45)39-27-23-37(24-28-39)36-21-19-34(20-22-36)32-11-6-5-7-12-32/h3-30H,1-2H2/b31-10+. The number of para-hydroxylation sites is 1. The van der Waals surface area contributed by atoms with E-state index in [1.165, 1.54) is 11.1 Å². The summed E-state index contributed by atoms with van der Waals surface area (Å²) in [6.07, 6.45) is 5.59. The minimum absolute atomic E-state index is 0.654. The maximum atomic E-state index is 6.39. The smallest absolute Gasteiger partial charge is 0.180 e. The van der Waals surface area contributed by atoms with Crippen LogP contribution in [-0.4, -0.2) is 9.97 Å². The Morgan fingerprint density at radius 3 is 1.55 bits per heavy atom. The van der Waals surface area contributed by atoms with Gasteiger partial charge < -0.3 is 4.42 Å². The van der Waals surface area contributed by atoms with E-state index in [0.29, 0.717) is 11.4 Å². The molecule has 3 nitrogen and oxygen atoms in total. The van der Waals surface area contributed by atoms with E-state index in [-0.39, 0.29) is 0 Å². The van der Waals surface area contributed by atoms with Gasteiger partial charge in [0.25, 0.3) is 0 Å². The fourth-order valence-electron chi connectivity index (χ4n) is 6.30. The molecule has 0 amide bonds. The lowest BCUT2D eigenvalue weighted by molar-refractivity contribution is 0.667. The Balaban J connectivity index is 1.14. The molecule has 0 fully saturated rings. The first-order valence-electron chi connectivity index (χ1n) is 16.3. The molecule has 0 N–H and O–H groups in total. The third kappa shape index (κ3) is 5.79. The van der Waals surface area contributed by atoms with Crippen LogP contribution in [0.1, 0.15) is 5.56 Å². The molecule has 8 rings (SSSR count). The monoisotopic (exact) mass is 628 g/mol. The van der Waals surface area contributed by atoms with Crippen LogP contribution in [0.2, 0.25) is 0 Å². The summed E-state index contributed by atoms with van der Waals surface area (Å²) < 4.78 is 6.39. The van der Waals surface area contributed by atoms with Crippen LogP contribution in [0.15, 0.2) is 187 Å². The van der Waals surface area contributed by atoms with Gasteiger partial charge in [0.05, 0.1) is 0 Å². The molecule has 0 radical (unpaired) electrons. The zero-order chi connectivity index (χ0) is 33.2. The van der Waals surface area contributed by atoms with Crippen molar-refractivity contribution >= 4 is 27.6 Å². The number of hydrogen-bond donors (Lipinski definition) is 0. The van der Waals surface area contributed by atoms with Crippen LogP contribution >= 0.6 is 0 Å². The molecule has 0 spiro atoms. The molecule has 8 aromatic rings. The van der Waals surface area contributed by atoms with Gasteiger partial charge in [0.15, 0.2) is 11.4 Å². The molecule has 2 aromatic heterocycles. The van der Waals surface area contributed by atoms with Gasteiger partial charge in [-0.3, -0.25) is 0 Å². The van der Waals surface area contributed by atoms with E-state index in [9.17, 15) is 0 Å². The zero-order valence-electron chi connectivity index (χ0n) is 26.9. The van der Waals surface area contributed by atoms with Crippen molar-refractivity contribution in [1.82, 2.24) is 9.97 Å². The summed E-state index contributed by atoms with van der Waals surface area (Å²) in [4.78, 5) is 10.2. The van der Waals surface area contributed by atoms with E-state index < -0.39 is 0 Å². The van der Waals surface area contributed by atoms with Crippen molar-refractivity contribution in [3.63, 3.8) is 0 Å². The highest BCUT2D eigenvalue weighted by Gasteiger charge is 2.18. The summed E-state index contributed by atoms with van der Waals surface area (Å²) in [5, 5.41) is 0.971. The number of benzene rings is 6. The third-order valence-electron chi connectivity index (χ3n) is 8.92. The predicted molar refractivity (Wildman–Crippen MR) is 205 cm³/mol.